The Hall–Kier alpha value is -0.580. The van der Waals surface area contributed by atoms with Gasteiger partial charge in [-0.05, 0) is 25.5 Å². The van der Waals surface area contributed by atoms with Crippen LogP contribution < -0.4 is 11.1 Å². The van der Waals surface area contributed by atoms with Crippen LogP contribution in [0.4, 0.5) is 0 Å². The fourth-order valence-corrected chi connectivity index (χ4v) is 2.46. The number of thiophene rings is 1. The van der Waals surface area contributed by atoms with Gasteiger partial charge in [0.2, 0.25) is 5.91 Å². The molecule has 0 saturated carbocycles. The first-order valence-electron chi connectivity index (χ1n) is 5.35. The van der Waals surface area contributed by atoms with Crippen molar-refractivity contribution in [2.45, 2.75) is 38.8 Å². The van der Waals surface area contributed by atoms with Crippen LogP contribution >= 0.6 is 22.9 Å². The highest BCUT2D eigenvalue weighted by molar-refractivity contribution is 7.16. The molecule has 3 N–H and O–H groups in total. The van der Waals surface area contributed by atoms with E-state index in [0.717, 1.165) is 15.6 Å². The van der Waals surface area contributed by atoms with Gasteiger partial charge in [-0.1, -0.05) is 24.9 Å². The molecule has 1 rings (SSSR count). The van der Waals surface area contributed by atoms with Gasteiger partial charge in [0.05, 0.1) is 16.4 Å². The Bertz CT molecular complexity index is 354. The quantitative estimate of drug-likeness (QED) is 0.855. The Kier molecular flexibility index (Phi) is 5.25. The molecule has 1 aromatic rings. The molecule has 1 amide bonds. The van der Waals surface area contributed by atoms with Crippen LogP contribution in [0.3, 0.4) is 0 Å². The maximum Gasteiger partial charge on any atom is 0.237 e. The third-order valence-electron chi connectivity index (χ3n) is 2.32. The van der Waals surface area contributed by atoms with Crippen molar-refractivity contribution in [1.82, 2.24) is 5.32 Å². The summed E-state index contributed by atoms with van der Waals surface area (Å²) in [4.78, 5) is 12.7. The fourth-order valence-electron chi connectivity index (χ4n) is 1.39. The summed E-state index contributed by atoms with van der Waals surface area (Å²) in [5.74, 6) is -0.0983. The van der Waals surface area contributed by atoms with Crippen molar-refractivity contribution in [2.75, 3.05) is 0 Å². The van der Waals surface area contributed by atoms with E-state index < -0.39 is 6.04 Å². The smallest absolute Gasteiger partial charge is 0.237 e. The van der Waals surface area contributed by atoms with E-state index in [-0.39, 0.29) is 11.9 Å². The summed E-state index contributed by atoms with van der Waals surface area (Å²) in [5, 5.41) is 2.88. The van der Waals surface area contributed by atoms with Crippen molar-refractivity contribution in [2.24, 2.45) is 5.73 Å². The summed E-state index contributed by atoms with van der Waals surface area (Å²) in [5.41, 5.74) is 5.72. The van der Waals surface area contributed by atoms with E-state index in [0.29, 0.717) is 6.42 Å². The zero-order valence-electron chi connectivity index (χ0n) is 9.50. The lowest BCUT2D eigenvalue weighted by molar-refractivity contribution is -0.123. The number of nitrogens with two attached hydrogens (primary N) is 1. The SMILES string of the molecule is CCC[C@H](N)C(=O)N[C@H](C)c1ccc(Cl)s1. The fraction of sp³-hybridized carbons (Fsp3) is 0.545. The Morgan fingerprint density at radius 2 is 2.31 bits per heavy atom. The largest absolute Gasteiger partial charge is 0.347 e. The van der Waals surface area contributed by atoms with Crippen molar-refractivity contribution in [3.05, 3.63) is 21.3 Å². The number of carbonyl (C=O) groups excluding carboxylic acids is 1. The molecule has 0 spiro atoms. The lowest BCUT2D eigenvalue weighted by atomic mass is 10.1. The van der Waals surface area contributed by atoms with Gasteiger partial charge in [-0.2, -0.15) is 0 Å². The second-order valence-electron chi connectivity index (χ2n) is 3.77. The summed E-state index contributed by atoms with van der Waals surface area (Å²) in [6.07, 6.45) is 1.62. The number of hydrogen-bond donors (Lipinski definition) is 2. The molecule has 5 heteroatoms. The van der Waals surface area contributed by atoms with E-state index in [4.69, 9.17) is 17.3 Å². The molecule has 0 bridgehead atoms. The summed E-state index contributed by atoms with van der Waals surface area (Å²) in [6, 6.07) is 3.30. The maximum atomic E-state index is 11.7. The zero-order valence-corrected chi connectivity index (χ0v) is 11.1. The minimum absolute atomic E-state index is 0.0343. The number of rotatable bonds is 5. The summed E-state index contributed by atoms with van der Waals surface area (Å²) in [6.45, 7) is 3.94. The minimum Gasteiger partial charge on any atom is -0.347 e. The predicted octanol–water partition coefficient (Wildman–Crippen LogP) is 2.71. The van der Waals surface area contributed by atoms with Crippen molar-refractivity contribution in [3.63, 3.8) is 0 Å². The molecule has 0 aromatic carbocycles. The molecule has 0 aliphatic heterocycles. The zero-order chi connectivity index (χ0) is 12.1. The van der Waals surface area contributed by atoms with Crippen LogP contribution in [0.1, 0.15) is 37.6 Å². The van der Waals surface area contributed by atoms with Crippen LogP contribution in [0.5, 0.6) is 0 Å². The van der Waals surface area contributed by atoms with Crippen LogP contribution in [-0.4, -0.2) is 11.9 Å². The van der Waals surface area contributed by atoms with Gasteiger partial charge < -0.3 is 11.1 Å². The van der Waals surface area contributed by atoms with Gasteiger partial charge in [-0.25, -0.2) is 0 Å². The first kappa shape index (κ1) is 13.5. The lowest BCUT2D eigenvalue weighted by Gasteiger charge is -2.15. The molecule has 2 atom stereocenters. The number of carbonyl (C=O) groups is 1. The second-order valence-corrected chi connectivity index (χ2v) is 5.51. The van der Waals surface area contributed by atoms with Crippen LogP contribution in [0, 0.1) is 0 Å². The molecular formula is C11H17ClN2OS. The van der Waals surface area contributed by atoms with Crippen LogP contribution in [0.15, 0.2) is 12.1 Å². The van der Waals surface area contributed by atoms with Gasteiger partial charge in [0, 0.05) is 4.88 Å². The molecule has 1 heterocycles. The number of nitrogens with one attached hydrogen (secondary N) is 1. The van der Waals surface area contributed by atoms with Crippen molar-refractivity contribution >= 4 is 28.8 Å². The monoisotopic (exact) mass is 260 g/mol. The summed E-state index contributed by atoms with van der Waals surface area (Å²) in [7, 11) is 0. The molecule has 0 radical (unpaired) electrons. The molecule has 3 nitrogen and oxygen atoms in total. The number of amides is 1. The molecule has 1 aromatic heterocycles. The van der Waals surface area contributed by atoms with Gasteiger partial charge in [0.15, 0.2) is 0 Å². The molecule has 0 saturated heterocycles. The topological polar surface area (TPSA) is 55.1 Å². The highest BCUT2D eigenvalue weighted by Crippen LogP contribution is 2.26. The highest BCUT2D eigenvalue weighted by atomic mass is 35.5. The number of halogens is 1. The first-order chi connectivity index (χ1) is 7.54. The van der Waals surface area contributed by atoms with E-state index in [1.807, 2.05) is 26.0 Å². The Balaban J connectivity index is 2.51. The Labute approximate surface area is 105 Å². The third-order valence-corrected chi connectivity index (χ3v) is 3.73. The highest BCUT2D eigenvalue weighted by Gasteiger charge is 2.16. The average molecular weight is 261 g/mol. The van der Waals surface area contributed by atoms with Crippen molar-refractivity contribution in [1.29, 1.82) is 0 Å². The Morgan fingerprint density at radius 1 is 1.62 bits per heavy atom. The van der Waals surface area contributed by atoms with Crippen LogP contribution in [0.25, 0.3) is 0 Å². The maximum absolute atomic E-state index is 11.7. The molecule has 0 aliphatic rings. The van der Waals surface area contributed by atoms with Gasteiger partial charge in [0.1, 0.15) is 0 Å². The Morgan fingerprint density at radius 3 is 2.81 bits per heavy atom. The first-order valence-corrected chi connectivity index (χ1v) is 6.55. The van der Waals surface area contributed by atoms with Gasteiger partial charge in [0.25, 0.3) is 0 Å². The average Bonchev–Trinajstić information content (AvgIpc) is 2.65. The molecule has 90 valence electrons. The number of hydrogen-bond acceptors (Lipinski definition) is 3. The second kappa shape index (κ2) is 6.23. The van der Waals surface area contributed by atoms with Gasteiger partial charge in [-0.15, -0.1) is 11.3 Å². The molecular weight excluding hydrogens is 244 g/mol. The molecule has 16 heavy (non-hydrogen) atoms. The molecule has 0 unspecified atom stereocenters. The van der Waals surface area contributed by atoms with Crippen molar-refractivity contribution in [3.8, 4) is 0 Å². The van der Waals surface area contributed by atoms with Gasteiger partial charge >= 0.3 is 0 Å². The summed E-state index contributed by atoms with van der Waals surface area (Å²) >= 11 is 7.31. The lowest BCUT2D eigenvalue weighted by Crippen LogP contribution is -2.41. The summed E-state index contributed by atoms with van der Waals surface area (Å²) < 4.78 is 0.731. The predicted molar refractivity (Wildman–Crippen MR) is 68.8 cm³/mol. The standard InChI is InChI=1S/C11H17ClN2OS/c1-3-4-8(13)11(15)14-7(2)9-5-6-10(12)16-9/h5-8H,3-4,13H2,1-2H3,(H,14,15)/t7-,8+/m1/s1. The third kappa shape index (κ3) is 3.77. The van der Waals surface area contributed by atoms with Gasteiger partial charge in [-0.3, -0.25) is 4.79 Å². The van der Waals surface area contributed by atoms with E-state index in [1.165, 1.54) is 11.3 Å². The van der Waals surface area contributed by atoms with E-state index in [1.54, 1.807) is 0 Å². The van der Waals surface area contributed by atoms with E-state index in [2.05, 4.69) is 5.32 Å². The van der Waals surface area contributed by atoms with Crippen molar-refractivity contribution < 1.29 is 4.79 Å². The van der Waals surface area contributed by atoms with E-state index >= 15 is 0 Å². The molecule has 0 aliphatic carbocycles. The van der Waals surface area contributed by atoms with E-state index in [9.17, 15) is 4.79 Å². The van der Waals surface area contributed by atoms with Crippen LogP contribution in [0.2, 0.25) is 4.34 Å². The van der Waals surface area contributed by atoms with Crippen LogP contribution in [-0.2, 0) is 4.79 Å². The minimum atomic E-state index is -0.414. The normalized spacial score (nSPS) is 14.5. The molecule has 0 fully saturated rings.